The van der Waals surface area contributed by atoms with E-state index in [4.69, 9.17) is 15.2 Å². The maximum absolute atomic E-state index is 6.10. The summed E-state index contributed by atoms with van der Waals surface area (Å²) in [6.45, 7) is 15.0. The summed E-state index contributed by atoms with van der Waals surface area (Å²) in [5.74, 6) is 0.575. The Labute approximate surface area is 107 Å². The van der Waals surface area contributed by atoms with E-state index in [-0.39, 0.29) is 17.6 Å². The highest BCUT2D eigenvalue weighted by atomic mass is 16.5. The lowest BCUT2D eigenvalue weighted by Gasteiger charge is -2.34. The minimum absolute atomic E-state index is 0.0769. The molecule has 3 nitrogen and oxygen atoms in total. The topological polar surface area (TPSA) is 44.5 Å². The van der Waals surface area contributed by atoms with Gasteiger partial charge in [0.25, 0.3) is 0 Å². The van der Waals surface area contributed by atoms with E-state index in [2.05, 4.69) is 41.5 Å². The van der Waals surface area contributed by atoms with Gasteiger partial charge < -0.3 is 15.2 Å². The van der Waals surface area contributed by atoms with Crippen molar-refractivity contribution in [3.63, 3.8) is 0 Å². The fourth-order valence-electron chi connectivity index (χ4n) is 1.78. The quantitative estimate of drug-likeness (QED) is 0.669. The smallest absolute Gasteiger partial charge is 0.0775 e. The highest BCUT2D eigenvalue weighted by Gasteiger charge is 2.29. The molecule has 0 aromatic carbocycles. The maximum Gasteiger partial charge on any atom is 0.0775 e. The molecule has 17 heavy (non-hydrogen) atoms. The third kappa shape index (κ3) is 7.74. The fraction of sp³-hybridized carbons (Fsp3) is 1.00. The van der Waals surface area contributed by atoms with Gasteiger partial charge in [-0.2, -0.15) is 0 Å². The minimum Gasteiger partial charge on any atom is -0.379 e. The zero-order chi connectivity index (χ0) is 13.5. The molecule has 0 aliphatic carbocycles. The lowest BCUT2D eigenvalue weighted by molar-refractivity contribution is -0.0579. The van der Waals surface area contributed by atoms with E-state index in [1.54, 1.807) is 0 Å². The van der Waals surface area contributed by atoms with Gasteiger partial charge in [0.2, 0.25) is 0 Å². The first-order valence-corrected chi connectivity index (χ1v) is 6.74. The molecule has 0 aliphatic heterocycles. The molecule has 0 aromatic heterocycles. The Kier molecular flexibility index (Phi) is 8.01. The summed E-state index contributed by atoms with van der Waals surface area (Å²) in [4.78, 5) is 0. The van der Waals surface area contributed by atoms with Gasteiger partial charge in [-0.25, -0.2) is 0 Å². The first kappa shape index (κ1) is 16.9. The van der Waals surface area contributed by atoms with Crippen LogP contribution in [0, 0.1) is 11.3 Å². The Morgan fingerprint density at radius 3 is 2.12 bits per heavy atom. The SMILES string of the molecule is CCC(N)C(OCCOCC(C)C)C(C)(C)C. The van der Waals surface area contributed by atoms with Gasteiger partial charge >= 0.3 is 0 Å². The maximum atomic E-state index is 6.10. The van der Waals surface area contributed by atoms with Crippen molar-refractivity contribution < 1.29 is 9.47 Å². The average Bonchev–Trinajstić information content (AvgIpc) is 2.20. The summed E-state index contributed by atoms with van der Waals surface area (Å²) in [6, 6.07) is 0.0973. The molecule has 0 radical (unpaired) electrons. The Hall–Kier alpha value is -0.120. The Morgan fingerprint density at radius 1 is 1.12 bits per heavy atom. The van der Waals surface area contributed by atoms with Crippen molar-refractivity contribution in [1.29, 1.82) is 0 Å². The van der Waals surface area contributed by atoms with Crippen LogP contribution in [-0.4, -0.2) is 32.0 Å². The predicted octanol–water partition coefficient (Wildman–Crippen LogP) is 2.83. The second kappa shape index (κ2) is 8.06. The Balaban J connectivity index is 3.94. The lowest BCUT2D eigenvalue weighted by Crippen LogP contribution is -2.45. The van der Waals surface area contributed by atoms with Crippen LogP contribution >= 0.6 is 0 Å². The normalized spacial score (nSPS) is 16.2. The number of hydrogen-bond donors (Lipinski definition) is 1. The number of ether oxygens (including phenoxy) is 2. The zero-order valence-corrected chi connectivity index (χ0v) is 12.5. The second-order valence-electron chi connectivity index (χ2n) is 6.20. The molecule has 2 unspecified atom stereocenters. The fourth-order valence-corrected chi connectivity index (χ4v) is 1.78. The second-order valence-corrected chi connectivity index (χ2v) is 6.20. The summed E-state index contributed by atoms with van der Waals surface area (Å²) in [7, 11) is 0. The van der Waals surface area contributed by atoms with Gasteiger partial charge in [-0.1, -0.05) is 41.5 Å². The van der Waals surface area contributed by atoms with Crippen molar-refractivity contribution in [2.75, 3.05) is 19.8 Å². The highest BCUT2D eigenvalue weighted by Crippen LogP contribution is 2.25. The van der Waals surface area contributed by atoms with Crippen LogP contribution in [0.25, 0.3) is 0 Å². The van der Waals surface area contributed by atoms with E-state index < -0.39 is 0 Å². The van der Waals surface area contributed by atoms with Gasteiger partial charge in [0.05, 0.1) is 19.3 Å². The highest BCUT2D eigenvalue weighted by molar-refractivity contribution is 4.83. The van der Waals surface area contributed by atoms with Crippen molar-refractivity contribution in [3.05, 3.63) is 0 Å². The molecule has 104 valence electrons. The van der Waals surface area contributed by atoms with E-state index in [0.29, 0.717) is 19.1 Å². The Bertz CT molecular complexity index is 187. The molecule has 0 rings (SSSR count). The van der Waals surface area contributed by atoms with Crippen LogP contribution in [0.2, 0.25) is 0 Å². The monoisotopic (exact) mass is 245 g/mol. The minimum atomic E-state index is 0.0769. The van der Waals surface area contributed by atoms with Crippen LogP contribution in [0.3, 0.4) is 0 Å². The van der Waals surface area contributed by atoms with Crippen LogP contribution in [0.4, 0.5) is 0 Å². The van der Waals surface area contributed by atoms with Crippen LogP contribution in [0.1, 0.15) is 48.0 Å². The lowest BCUT2D eigenvalue weighted by atomic mass is 9.84. The molecule has 0 saturated carbocycles. The van der Waals surface area contributed by atoms with Crippen molar-refractivity contribution in [2.24, 2.45) is 17.1 Å². The molecular weight excluding hydrogens is 214 g/mol. The van der Waals surface area contributed by atoms with Crippen LogP contribution in [0.15, 0.2) is 0 Å². The van der Waals surface area contributed by atoms with Crippen molar-refractivity contribution >= 4 is 0 Å². The molecule has 0 heterocycles. The van der Waals surface area contributed by atoms with Gasteiger partial charge in [0.1, 0.15) is 0 Å². The van der Waals surface area contributed by atoms with E-state index in [1.165, 1.54) is 0 Å². The molecule has 0 aromatic rings. The van der Waals surface area contributed by atoms with Gasteiger partial charge in [0.15, 0.2) is 0 Å². The van der Waals surface area contributed by atoms with E-state index in [1.807, 2.05) is 0 Å². The van der Waals surface area contributed by atoms with Gasteiger partial charge in [-0.05, 0) is 17.8 Å². The molecular formula is C14H31NO2. The molecule has 0 spiro atoms. The molecule has 0 saturated heterocycles. The summed E-state index contributed by atoms with van der Waals surface area (Å²) in [5.41, 5.74) is 6.18. The van der Waals surface area contributed by atoms with E-state index >= 15 is 0 Å². The summed E-state index contributed by atoms with van der Waals surface area (Å²) in [5, 5.41) is 0. The largest absolute Gasteiger partial charge is 0.379 e. The third-order valence-corrected chi connectivity index (χ3v) is 2.69. The van der Waals surface area contributed by atoms with Gasteiger partial charge in [-0.15, -0.1) is 0 Å². The molecule has 0 fully saturated rings. The molecule has 2 atom stereocenters. The summed E-state index contributed by atoms with van der Waals surface area (Å²) >= 11 is 0. The summed E-state index contributed by atoms with van der Waals surface area (Å²) in [6.07, 6.45) is 1.03. The first-order valence-electron chi connectivity index (χ1n) is 6.74. The molecule has 3 heteroatoms. The van der Waals surface area contributed by atoms with Crippen LogP contribution in [0.5, 0.6) is 0 Å². The summed E-state index contributed by atoms with van der Waals surface area (Å²) < 4.78 is 11.4. The van der Waals surface area contributed by atoms with Gasteiger partial charge in [-0.3, -0.25) is 0 Å². The standard InChI is InChI=1S/C14H31NO2/c1-7-12(15)13(14(4,5)6)17-9-8-16-10-11(2)3/h11-13H,7-10,15H2,1-6H3. The van der Waals surface area contributed by atoms with Crippen molar-refractivity contribution in [3.8, 4) is 0 Å². The van der Waals surface area contributed by atoms with Gasteiger partial charge in [0, 0.05) is 12.6 Å². The van der Waals surface area contributed by atoms with Crippen molar-refractivity contribution in [1.82, 2.24) is 0 Å². The van der Waals surface area contributed by atoms with E-state index in [9.17, 15) is 0 Å². The molecule has 2 N–H and O–H groups in total. The zero-order valence-electron chi connectivity index (χ0n) is 12.5. The van der Waals surface area contributed by atoms with Crippen LogP contribution < -0.4 is 5.73 Å². The third-order valence-electron chi connectivity index (χ3n) is 2.69. The molecule has 0 amide bonds. The number of rotatable bonds is 8. The number of nitrogens with two attached hydrogens (primary N) is 1. The number of hydrogen-bond acceptors (Lipinski definition) is 3. The van der Waals surface area contributed by atoms with Crippen LogP contribution in [-0.2, 0) is 9.47 Å². The average molecular weight is 245 g/mol. The Morgan fingerprint density at radius 2 is 1.71 bits per heavy atom. The molecule has 0 aliphatic rings. The van der Waals surface area contributed by atoms with E-state index in [0.717, 1.165) is 13.0 Å². The first-order chi connectivity index (χ1) is 7.79. The van der Waals surface area contributed by atoms with Crippen molar-refractivity contribution in [2.45, 2.75) is 60.1 Å². The molecule has 0 bridgehead atoms. The predicted molar refractivity (Wildman–Crippen MR) is 73.1 cm³/mol.